The largest absolute Gasteiger partial charge is 0.478 e. The average Bonchev–Trinajstić information content (AvgIpc) is 2.42. The van der Waals surface area contributed by atoms with Crippen LogP contribution in [-0.4, -0.2) is 16.1 Å². The monoisotopic (exact) mass is 268 g/mol. The highest BCUT2D eigenvalue weighted by Gasteiger charge is 2.09. The molecule has 0 atom stereocenters. The number of nitrogens with zero attached hydrogens (tertiary/aromatic N) is 1. The first kappa shape index (κ1) is 13.8. The summed E-state index contributed by atoms with van der Waals surface area (Å²) in [5.74, 6) is -0.496. The van der Waals surface area contributed by atoms with Gasteiger partial charge in [-0.2, -0.15) is 0 Å². The lowest BCUT2D eigenvalue weighted by Gasteiger charge is -2.05. The van der Waals surface area contributed by atoms with E-state index in [4.69, 9.17) is 5.73 Å². The van der Waals surface area contributed by atoms with Gasteiger partial charge in [0.2, 0.25) is 0 Å². The first-order valence-corrected chi connectivity index (χ1v) is 6.27. The highest BCUT2D eigenvalue weighted by atomic mass is 16.4. The van der Waals surface area contributed by atoms with Gasteiger partial charge < -0.3 is 10.8 Å². The van der Waals surface area contributed by atoms with Gasteiger partial charge in [-0.25, -0.2) is 9.78 Å². The van der Waals surface area contributed by atoms with Crippen molar-refractivity contribution in [1.82, 2.24) is 4.98 Å². The number of aryl methyl sites for hydroxylation is 1. The smallest absolute Gasteiger partial charge is 0.331 e. The molecule has 1 aromatic carbocycles. The summed E-state index contributed by atoms with van der Waals surface area (Å²) in [7, 11) is 0. The topological polar surface area (TPSA) is 76.2 Å². The molecule has 2 rings (SSSR count). The number of benzene rings is 1. The lowest BCUT2D eigenvalue weighted by atomic mass is 10.0. The van der Waals surface area contributed by atoms with Crippen molar-refractivity contribution in [2.75, 3.05) is 5.73 Å². The number of nitrogens with two attached hydrogens (primary N) is 1. The van der Waals surface area contributed by atoms with E-state index in [1.165, 1.54) is 0 Å². The molecule has 0 radical (unpaired) electrons. The number of rotatable bonds is 4. The van der Waals surface area contributed by atoms with Gasteiger partial charge in [-0.15, -0.1) is 0 Å². The summed E-state index contributed by atoms with van der Waals surface area (Å²) >= 11 is 0. The molecule has 0 spiro atoms. The second-order valence-corrected chi connectivity index (χ2v) is 4.55. The molecule has 0 aliphatic carbocycles. The Morgan fingerprint density at radius 1 is 1.25 bits per heavy atom. The molecule has 0 aliphatic rings. The number of nitrogen functional groups attached to an aromatic ring is 1. The molecule has 2 aromatic rings. The van der Waals surface area contributed by atoms with Crippen LogP contribution in [0.2, 0.25) is 0 Å². The highest BCUT2D eigenvalue weighted by Crippen LogP contribution is 2.16. The van der Waals surface area contributed by atoms with Crippen molar-refractivity contribution in [2.45, 2.75) is 13.3 Å². The van der Waals surface area contributed by atoms with Crippen LogP contribution in [0.5, 0.6) is 0 Å². The number of carbonyl (C=O) groups is 1. The second kappa shape index (κ2) is 6.02. The Kier molecular flexibility index (Phi) is 4.15. The average molecular weight is 268 g/mol. The molecule has 0 amide bonds. The molecule has 0 fully saturated rings. The van der Waals surface area contributed by atoms with Crippen molar-refractivity contribution >= 4 is 17.9 Å². The first-order chi connectivity index (χ1) is 9.56. The molecule has 0 aliphatic heterocycles. The Morgan fingerprint density at radius 3 is 2.55 bits per heavy atom. The van der Waals surface area contributed by atoms with E-state index < -0.39 is 5.97 Å². The minimum Gasteiger partial charge on any atom is -0.478 e. The van der Waals surface area contributed by atoms with Gasteiger partial charge in [0.05, 0.1) is 0 Å². The van der Waals surface area contributed by atoms with Crippen LogP contribution in [0.3, 0.4) is 0 Å². The molecule has 0 bridgehead atoms. The minimum absolute atomic E-state index is 0.325. The van der Waals surface area contributed by atoms with Gasteiger partial charge in [0.25, 0.3) is 0 Å². The Hall–Kier alpha value is -2.62. The Labute approximate surface area is 117 Å². The van der Waals surface area contributed by atoms with Crippen LogP contribution in [0.25, 0.3) is 6.08 Å². The summed E-state index contributed by atoms with van der Waals surface area (Å²) in [6.45, 7) is 1.81. The standard InChI is InChI=1S/C16H16N2O2/c1-11-13(7-8-15(17)18-11)10-14(16(19)20)9-12-5-3-2-4-6-12/h2-8,10H,9H2,1H3,(H2,17,18)(H,19,20)/b14-10+. The van der Waals surface area contributed by atoms with Gasteiger partial charge in [-0.3, -0.25) is 0 Å². The van der Waals surface area contributed by atoms with Crippen molar-refractivity contribution in [2.24, 2.45) is 0 Å². The Bertz CT molecular complexity index is 649. The van der Waals surface area contributed by atoms with Crippen molar-refractivity contribution in [3.63, 3.8) is 0 Å². The summed E-state index contributed by atoms with van der Waals surface area (Å²) in [4.78, 5) is 15.5. The summed E-state index contributed by atoms with van der Waals surface area (Å²) in [5, 5.41) is 9.33. The fraction of sp³-hybridized carbons (Fsp3) is 0.125. The number of hydrogen-bond acceptors (Lipinski definition) is 3. The van der Waals surface area contributed by atoms with Crippen LogP contribution in [0.15, 0.2) is 48.0 Å². The number of pyridine rings is 1. The third-order valence-electron chi connectivity index (χ3n) is 2.99. The summed E-state index contributed by atoms with van der Waals surface area (Å²) in [6.07, 6.45) is 2.02. The zero-order valence-corrected chi connectivity index (χ0v) is 11.2. The summed E-state index contributed by atoms with van der Waals surface area (Å²) in [6, 6.07) is 13.0. The van der Waals surface area contributed by atoms with Crippen LogP contribution in [0.1, 0.15) is 16.8 Å². The van der Waals surface area contributed by atoms with Crippen LogP contribution >= 0.6 is 0 Å². The third-order valence-corrected chi connectivity index (χ3v) is 2.99. The van der Waals surface area contributed by atoms with Crippen molar-refractivity contribution in [3.05, 3.63) is 64.9 Å². The molecule has 0 saturated heterocycles. The number of aliphatic carboxylic acids is 1. The number of anilines is 1. The van der Waals surface area contributed by atoms with E-state index in [-0.39, 0.29) is 0 Å². The van der Waals surface area contributed by atoms with E-state index in [1.54, 1.807) is 18.2 Å². The van der Waals surface area contributed by atoms with Crippen molar-refractivity contribution in [3.8, 4) is 0 Å². The van der Waals surface area contributed by atoms with E-state index in [0.29, 0.717) is 17.8 Å². The molecule has 20 heavy (non-hydrogen) atoms. The van der Waals surface area contributed by atoms with Crippen molar-refractivity contribution < 1.29 is 9.90 Å². The lowest BCUT2D eigenvalue weighted by Crippen LogP contribution is -2.04. The minimum atomic E-state index is -0.926. The maximum atomic E-state index is 11.4. The quantitative estimate of drug-likeness (QED) is 0.836. The number of aromatic nitrogens is 1. The van der Waals surface area contributed by atoms with Crippen LogP contribution in [0.4, 0.5) is 5.82 Å². The Balaban J connectivity index is 2.33. The maximum Gasteiger partial charge on any atom is 0.331 e. The normalized spacial score (nSPS) is 11.3. The molecule has 4 nitrogen and oxygen atoms in total. The zero-order valence-electron chi connectivity index (χ0n) is 11.2. The number of carboxylic acid groups (broad SMARTS) is 1. The molecular formula is C16H16N2O2. The molecule has 102 valence electrons. The van der Waals surface area contributed by atoms with E-state index in [0.717, 1.165) is 16.8 Å². The molecule has 1 heterocycles. The van der Waals surface area contributed by atoms with E-state index >= 15 is 0 Å². The SMILES string of the molecule is Cc1nc(N)ccc1/C=C(\Cc1ccccc1)C(=O)O. The second-order valence-electron chi connectivity index (χ2n) is 4.55. The third kappa shape index (κ3) is 3.45. The maximum absolute atomic E-state index is 11.4. The van der Waals surface area contributed by atoms with Gasteiger partial charge in [0.1, 0.15) is 5.82 Å². The Morgan fingerprint density at radius 2 is 1.95 bits per heavy atom. The lowest BCUT2D eigenvalue weighted by molar-refractivity contribution is -0.132. The summed E-state index contributed by atoms with van der Waals surface area (Å²) in [5.41, 5.74) is 8.37. The number of carboxylic acids is 1. The van der Waals surface area contributed by atoms with Gasteiger partial charge in [-0.1, -0.05) is 30.3 Å². The summed E-state index contributed by atoms with van der Waals surface area (Å²) < 4.78 is 0. The van der Waals surface area contributed by atoms with E-state index in [1.807, 2.05) is 37.3 Å². The molecule has 0 unspecified atom stereocenters. The predicted octanol–water partition coefficient (Wildman–Crippen LogP) is 2.68. The molecule has 3 N–H and O–H groups in total. The highest BCUT2D eigenvalue weighted by molar-refractivity contribution is 5.92. The molecule has 1 aromatic heterocycles. The molecule has 0 saturated carbocycles. The van der Waals surface area contributed by atoms with E-state index in [9.17, 15) is 9.90 Å². The predicted molar refractivity (Wildman–Crippen MR) is 79.1 cm³/mol. The number of hydrogen-bond donors (Lipinski definition) is 2. The molecular weight excluding hydrogens is 252 g/mol. The van der Waals surface area contributed by atoms with Gasteiger partial charge in [0, 0.05) is 17.7 Å². The van der Waals surface area contributed by atoms with Crippen LogP contribution in [-0.2, 0) is 11.2 Å². The fourth-order valence-corrected chi connectivity index (χ4v) is 1.94. The van der Waals surface area contributed by atoms with Crippen molar-refractivity contribution in [1.29, 1.82) is 0 Å². The van der Waals surface area contributed by atoms with Gasteiger partial charge in [-0.05, 0) is 36.3 Å². The van der Waals surface area contributed by atoms with E-state index in [2.05, 4.69) is 4.98 Å². The van der Waals surface area contributed by atoms with Crippen LogP contribution in [0, 0.1) is 6.92 Å². The zero-order chi connectivity index (χ0) is 14.5. The molecule has 4 heteroatoms. The van der Waals surface area contributed by atoms with Crippen LogP contribution < -0.4 is 5.73 Å². The van der Waals surface area contributed by atoms with Gasteiger partial charge in [0.15, 0.2) is 0 Å². The first-order valence-electron chi connectivity index (χ1n) is 6.27. The fourth-order valence-electron chi connectivity index (χ4n) is 1.94. The van der Waals surface area contributed by atoms with Gasteiger partial charge >= 0.3 is 5.97 Å².